The van der Waals surface area contributed by atoms with Crippen molar-refractivity contribution in [2.75, 3.05) is 25.0 Å². The van der Waals surface area contributed by atoms with Crippen molar-refractivity contribution < 1.29 is 9.31 Å². The number of hydrogen-bond donors (Lipinski definition) is 2. The predicted octanol–water partition coefficient (Wildman–Crippen LogP) is 3.69. The minimum atomic E-state index is -0.403. The summed E-state index contributed by atoms with van der Waals surface area (Å²) in [5, 5.41) is 17.5. The number of nitrogens with one attached hydrogen (secondary N) is 2. The van der Waals surface area contributed by atoms with Crippen molar-refractivity contribution in [3.8, 4) is 0 Å². The Morgan fingerprint density at radius 3 is 2.83 bits per heavy atom. The maximum atomic E-state index is 13.5. The third kappa shape index (κ3) is 6.55. The second-order valence-corrected chi connectivity index (χ2v) is 6.76. The molecule has 1 unspecified atom stereocenters. The minimum absolute atomic E-state index is 0. The predicted molar refractivity (Wildman–Crippen MR) is 123 cm³/mol. The zero-order valence-corrected chi connectivity index (χ0v) is 18.5. The lowest BCUT2D eigenvalue weighted by atomic mass is 10.0. The van der Waals surface area contributed by atoms with E-state index in [1.54, 1.807) is 31.3 Å². The molecular formula is C20H25FIN5O2. The van der Waals surface area contributed by atoms with Gasteiger partial charge in [-0.3, -0.25) is 15.1 Å². The van der Waals surface area contributed by atoms with Crippen LogP contribution in [0.2, 0.25) is 0 Å². The molecule has 2 N–H and O–H groups in total. The second-order valence-electron chi connectivity index (χ2n) is 6.76. The van der Waals surface area contributed by atoms with E-state index < -0.39 is 4.92 Å². The maximum Gasteiger partial charge on any atom is 0.269 e. The maximum absolute atomic E-state index is 13.5. The molecule has 0 bridgehead atoms. The van der Waals surface area contributed by atoms with Crippen molar-refractivity contribution in [1.82, 2.24) is 10.6 Å². The summed E-state index contributed by atoms with van der Waals surface area (Å²) in [6.07, 6.45) is 1.99. The molecule has 0 aromatic heterocycles. The van der Waals surface area contributed by atoms with Gasteiger partial charge in [0.25, 0.3) is 5.69 Å². The number of benzene rings is 2. The Hall–Kier alpha value is -2.43. The highest BCUT2D eigenvalue weighted by molar-refractivity contribution is 14.0. The number of anilines is 1. The van der Waals surface area contributed by atoms with Gasteiger partial charge in [-0.25, -0.2) is 4.39 Å². The summed E-state index contributed by atoms with van der Waals surface area (Å²) in [7, 11) is 1.69. The quantitative estimate of drug-likeness (QED) is 0.210. The van der Waals surface area contributed by atoms with E-state index in [2.05, 4.69) is 20.5 Å². The summed E-state index contributed by atoms with van der Waals surface area (Å²) in [6, 6.07) is 13.3. The number of halogens is 2. The van der Waals surface area contributed by atoms with E-state index in [1.807, 2.05) is 12.1 Å². The topological polar surface area (TPSA) is 82.8 Å². The standard InChI is InChI=1S/C20H24FN5O2.HI/c1-22-20(23-13-15-5-2-9-19(11-15)26(27)28)24-17-7-4-10-25(14-17)18-8-3-6-16(21)12-18;/h2-3,5-6,8-9,11-12,17H,4,7,10,13-14H2,1H3,(H2,22,23,24);1H. The summed E-state index contributed by atoms with van der Waals surface area (Å²) < 4.78 is 13.5. The molecule has 1 atom stereocenters. The number of guanidine groups is 1. The van der Waals surface area contributed by atoms with Gasteiger partial charge in [0.05, 0.1) is 4.92 Å². The van der Waals surface area contributed by atoms with Crippen molar-refractivity contribution >= 4 is 41.3 Å². The number of nitro benzene ring substituents is 1. The molecule has 3 rings (SSSR count). The number of aliphatic imine (C=N–C) groups is 1. The van der Waals surface area contributed by atoms with Crippen molar-refractivity contribution in [1.29, 1.82) is 0 Å². The van der Waals surface area contributed by atoms with Gasteiger partial charge in [0.2, 0.25) is 0 Å². The number of nitro groups is 1. The molecule has 1 aliphatic rings. The number of piperidine rings is 1. The Kier molecular flexibility index (Phi) is 8.62. The average Bonchev–Trinajstić information content (AvgIpc) is 2.71. The number of non-ortho nitro benzene ring substituents is 1. The van der Waals surface area contributed by atoms with Crippen molar-refractivity contribution in [3.63, 3.8) is 0 Å². The van der Waals surface area contributed by atoms with Crippen LogP contribution in [0.25, 0.3) is 0 Å². The van der Waals surface area contributed by atoms with Gasteiger partial charge >= 0.3 is 0 Å². The molecule has 7 nitrogen and oxygen atoms in total. The van der Waals surface area contributed by atoms with Crippen LogP contribution in [0.4, 0.5) is 15.8 Å². The van der Waals surface area contributed by atoms with E-state index in [4.69, 9.17) is 0 Å². The van der Waals surface area contributed by atoms with Gasteiger partial charge in [0, 0.05) is 50.5 Å². The SMILES string of the molecule is CN=C(NCc1cccc([N+](=O)[O-])c1)NC1CCCN(c2cccc(F)c2)C1.I. The van der Waals surface area contributed by atoms with Crippen LogP contribution in [0.3, 0.4) is 0 Å². The third-order valence-corrected chi connectivity index (χ3v) is 4.74. The van der Waals surface area contributed by atoms with Crippen LogP contribution in [0.1, 0.15) is 18.4 Å². The molecule has 2 aromatic carbocycles. The van der Waals surface area contributed by atoms with Crippen LogP contribution in [-0.4, -0.2) is 37.1 Å². The average molecular weight is 513 g/mol. The molecule has 1 saturated heterocycles. The molecule has 156 valence electrons. The van der Waals surface area contributed by atoms with Gasteiger partial charge in [-0.15, -0.1) is 24.0 Å². The molecular weight excluding hydrogens is 488 g/mol. The smallest absolute Gasteiger partial charge is 0.269 e. The molecule has 1 fully saturated rings. The number of nitrogens with zero attached hydrogens (tertiary/aromatic N) is 3. The van der Waals surface area contributed by atoms with Gasteiger partial charge in [0.1, 0.15) is 5.82 Å². The summed E-state index contributed by atoms with van der Waals surface area (Å²) in [5.74, 6) is 0.402. The highest BCUT2D eigenvalue weighted by atomic mass is 127. The molecule has 2 aromatic rings. The fraction of sp³-hybridized carbons (Fsp3) is 0.350. The monoisotopic (exact) mass is 513 g/mol. The highest BCUT2D eigenvalue weighted by Gasteiger charge is 2.21. The molecule has 0 radical (unpaired) electrons. The summed E-state index contributed by atoms with van der Waals surface area (Å²) in [5.41, 5.74) is 1.76. The van der Waals surface area contributed by atoms with Gasteiger partial charge in [-0.1, -0.05) is 18.2 Å². The molecule has 1 aliphatic heterocycles. The fourth-order valence-electron chi connectivity index (χ4n) is 3.36. The van der Waals surface area contributed by atoms with Crippen LogP contribution in [0, 0.1) is 15.9 Å². The van der Waals surface area contributed by atoms with Crippen LogP contribution in [-0.2, 0) is 6.54 Å². The largest absolute Gasteiger partial charge is 0.369 e. The third-order valence-electron chi connectivity index (χ3n) is 4.74. The molecule has 0 aliphatic carbocycles. The molecule has 1 heterocycles. The first-order valence-corrected chi connectivity index (χ1v) is 9.26. The summed E-state index contributed by atoms with van der Waals surface area (Å²) >= 11 is 0. The minimum Gasteiger partial charge on any atom is -0.369 e. The Morgan fingerprint density at radius 1 is 1.31 bits per heavy atom. The first-order chi connectivity index (χ1) is 13.5. The van der Waals surface area contributed by atoms with Crippen molar-refractivity contribution in [2.45, 2.75) is 25.4 Å². The van der Waals surface area contributed by atoms with E-state index in [9.17, 15) is 14.5 Å². The Bertz CT molecular complexity index is 864. The van der Waals surface area contributed by atoms with Crippen LogP contribution < -0.4 is 15.5 Å². The van der Waals surface area contributed by atoms with E-state index in [0.29, 0.717) is 12.5 Å². The van der Waals surface area contributed by atoms with E-state index in [0.717, 1.165) is 37.2 Å². The van der Waals surface area contributed by atoms with Gasteiger partial charge in [-0.2, -0.15) is 0 Å². The van der Waals surface area contributed by atoms with Gasteiger partial charge in [-0.05, 0) is 36.6 Å². The summed E-state index contributed by atoms with van der Waals surface area (Å²) in [4.78, 5) is 16.9. The fourth-order valence-corrected chi connectivity index (χ4v) is 3.36. The molecule has 0 spiro atoms. The number of rotatable bonds is 5. The van der Waals surface area contributed by atoms with Gasteiger partial charge in [0.15, 0.2) is 5.96 Å². The summed E-state index contributed by atoms with van der Waals surface area (Å²) in [6.45, 7) is 2.07. The first kappa shape index (κ1) is 22.9. The van der Waals surface area contributed by atoms with Crippen LogP contribution >= 0.6 is 24.0 Å². The lowest BCUT2D eigenvalue weighted by molar-refractivity contribution is -0.384. The highest BCUT2D eigenvalue weighted by Crippen LogP contribution is 2.20. The van der Waals surface area contributed by atoms with Crippen molar-refractivity contribution in [2.24, 2.45) is 4.99 Å². The first-order valence-electron chi connectivity index (χ1n) is 9.26. The molecule has 0 amide bonds. The van der Waals surface area contributed by atoms with Crippen LogP contribution in [0.5, 0.6) is 0 Å². The number of hydrogen-bond acceptors (Lipinski definition) is 4. The molecule has 29 heavy (non-hydrogen) atoms. The van der Waals surface area contributed by atoms with E-state index >= 15 is 0 Å². The van der Waals surface area contributed by atoms with Crippen LogP contribution in [0.15, 0.2) is 53.5 Å². The van der Waals surface area contributed by atoms with E-state index in [-0.39, 0.29) is 41.5 Å². The van der Waals surface area contributed by atoms with Gasteiger partial charge < -0.3 is 15.5 Å². The van der Waals surface area contributed by atoms with E-state index in [1.165, 1.54) is 12.1 Å². The molecule has 9 heteroatoms. The Labute approximate surface area is 186 Å². The zero-order chi connectivity index (χ0) is 19.9. The normalized spacial score (nSPS) is 16.7. The molecule has 0 saturated carbocycles. The Balaban J connectivity index is 0.00000300. The lowest BCUT2D eigenvalue weighted by Crippen LogP contribution is -2.51. The van der Waals surface area contributed by atoms with Crippen molar-refractivity contribution in [3.05, 3.63) is 70.0 Å². The zero-order valence-electron chi connectivity index (χ0n) is 16.2. The lowest BCUT2D eigenvalue weighted by Gasteiger charge is -2.35. The second kappa shape index (κ2) is 10.9. The Morgan fingerprint density at radius 2 is 2.10 bits per heavy atom.